The number of halogens is 2. The van der Waals surface area contributed by atoms with Crippen molar-refractivity contribution in [2.75, 3.05) is 26.2 Å². The molecule has 0 saturated heterocycles. The van der Waals surface area contributed by atoms with E-state index in [4.69, 9.17) is 27.9 Å². The number of nitrogens with zero attached hydrogens (tertiary/aromatic N) is 2. The third-order valence-corrected chi connectivity index (χ3v) is 9.72. The molecular formula is C26H28Cl2N2O4S2. The lowest BCUT2D eigenvalue weighted by Crippen LogP contribution is -2.48. The number of aryl methyl sites for hydroxylation is 1. The second-order valence-corrected chi connectivity index (χ2v) is 12.4. The van der Waals surface area contributed by atoms with Gasteiger partial charge in [0.2, 0.25) is 15.9 Å². The number of sulfonamides is 1. The maximum atomic E-state index is 13.6. The molecule has 1 aliphatic rings. The molecule has 0 aliphatic carbocycles. The van der Waals surface area contributed by atoms with Gasteiger partial charge in [0.15, 0.2) is 0 Å². The van der Waals surface area contributed by atoms with E-state index >= 15 is 0 Å². The normalized spacial score (nSPS) is 15.7. The van der Waals surface area contributed by atoms with Crippen LogP contribution in [0.1, 0.15) is 35.4 Å². The van der Waals surface area contributed by atoms with Crippen LogP contribution in [0, 0.1) is 6.92 Å². The molecule has 3 aromatic rings. The molecule has 1 aromatic heterocycles. The molecule has 10 heteroatoms. The van der Waals surface area contributed by atoms with Crippen molar-refractivity contribution in [3.8, 4) is 5.75 Å². The smallest absolute Gasteiger partial charge is 0.243 e. The van der Waals surface area contributed by atoms with Crippen LogP contribution >= 0.6 is 34.5 Å². The largest absolute Gasteiger partial charge is 0.491 e. The lowest BCUT2D eigenvalue weighted by molar-refractivity contribution is -0.135. The number of hydrogen-bond donors (Lipinski definition) is 0. The highest BCUT2D eigenvalue weighted by molar-refractivity contribution is 7.89. The Morgan fingerprint density at radius 1 is 1.17 bits per heavy atom. The van der Waals surface area contributed by atoms with Crippen LogP contribution in [0.2, 0.25) is 10.0 Å². The molecule has 1 amide bonds. The zero-order chi connectivity index (χ0) is 25.9. The maximum absolute atomic E-state index is 13.6. The van der Waals surface area contributed by atoms with Gasteiger partial charge in [-0.3, -0.25) is 4.79 Å². The van der Waals surface area contributed by atoms with Gasteiger partial charge < -0.3 is 9.64 Å². The van der Waals surface area contributed by atoms with Crippen molar-refractivity contribution >= 4 is 50.5 Å². The van der Waals surface area contributed by atoms with Crippen LogP contribution < -0.4 is 4.74 Å². The number of carbonyl (C=O) groups is 1. The minimum atomic E-state index is -3.86. The Hall–Kier alpha value is -2.10. The van der Waals surface area contributed by atoms with Crippen LogP contribution in [-0.4, -0.2) is 49.8 Å². The highest BCUT2D eigenvalue weighted by atomic mass is 35.5. The van der Waals surface area contributed by atoms with E-state index in [0.29, 0.717) is 28.8 Å². The molecule has 36 heavy (non-hydrogen) atoms. The van der Waals surface area contributed by atoms with E-state index in [2.05, 4.69) is 0 Å². The summed E-state index contributed by atoms with van der Waals surface area (Å²) in [6, 6.07) is 13.2. The summed E-state index contributed by atoms with van der Waals surface area (Å²) in [6.07, 6.45) is 1.31. The fraction of sp³-hybridized carbons (Fsp3) is 0.346. The van der Waals surface area contributed by atoms with Gasteiger partial charge in [-0.25, -0.2) is 8.42 Å². The molecule has 2 heterocycles. The molecule has 4 rings (SSSR count). The van der Waals surface area contributed by atoms with Crippen molar-refractivity contribution in [2.24, 2.45) is 0 Å². The van der Waals surface area contributed by atoms with Crippen molar-refractivity contribution in [1.29, 1.82) is 0 Å². The molecular weight excluding hydrogens is 539 g/mol. The Morgan fingerprint density at radius 2 is 1.92 bits per heavy atom. The van der Waals surface area contributed by atoms with Crippen LogP contribution in [0.4, 0.5) is 0 Å². The number of hydrogen-bond acceptors (Lipinski definition) is 5. The Morgan fingerprint density at radius 3 is 2.61 bits per heavy atom. The van der Waals surface area contributed by atoms with Gasteiger partial charge in [-0.1, -0.05) is 30.1 Å². The van der Waals surface area contributed by atoms with Crippen molar-refractivity contribution in [2.45, 2.75) is 37.6 Å². The number of thiophene rings is 1. The zero-order valence-corrected chi connectivity index (χ0v) is 23.3. The molecule has 1 aliphatic heterocycles. The fourth-order valence-electron chi connectivity index (χ4n) is 4.29. The quantitative estimate of drug-likeness (QED) is 0.320. The predicted octanol–water partition coefficient (Wildman–Crippen LogP) is 5.97. The summed E-state index contributed by atoms with van der Waals surface area (Å²) in [4.78, 5) is 16.7. The van der Waals surface area contributed by atoms with Crippen LogP contribution in [-0.2, 0) is 21.2 Å². The van der Waals surface area contributed by atoms with Crippen molar-refractivity contribution in [3.63, 3.8) is 0 Å². The van der Waals surface area contributed by atoms with Gasteiger partial charge in [-0.05, 0) is 84.8 Å². The summed E-state index contributed by atoms with van der Waals surface area (Å²) in [5.41, 5.74) is 1.96. The Kier molecular flexibility index (Phi) is 8.63. The number of carbonyl (C=O) groups excluding carboxylic acids is 1. The van der Waals surface area contributed by atoms with Crippen molar-refractivity contribution < 1.29 is 17.9 Å². The van der Waals surface area contributed by atoms with Crippen LogP contribution in [0.5, 0.6) is 5.75 Å². The molecule has 0 fully saturated rings. The first kappa shape index (κ1) is 26.9. The first-order valence-electron chi connectivity index (χ1n) is 11.7. The number of rotatable bonds is 9. The van der Waals surface area contributed by atoms with Crippen LogP contribution in [0.15, 0.2) is 58.8 Å². The van der Waals surface area contributed by atoms with E-state index in [0.717, 1.165) is 17.5 Å². The molecule has 0 N–H and O–H groups in total. The van der Waals surface area contributed by atoms with Crippen molar-refractivity contribution in [3.05, 3.63) is 80.0 Å². The topological polar surface area (TPSA) is 66.9 Å². The van der Waals surface area contributed by atoms with E-state index in [-0.39, 0.29) is 36.5 Å². The fourth-order valence-corrected chi connectivity index (χ4v) is 6.94. The van der Waals surface area contributed by atoms with Gasteiger partial charge in [0.05, 0.1) is 17.5 Å². The Labute approximate surface area is 226 Å². The summed E-state index contributed by atoms with van der Waals surface area (Å²) in [5.74, 6) is 0.420. The number of amides is 1. The lowest BCUT2D eigenvalue weighted by atomic mass is 10.0. The molecule has 0 saturated carbocycles. The van der Waals surface area contributed by atoms with Gasteiger partial charge in [0, 0.05) is 28.0 Å². The Balaban J connectivity index is 1.56. The first-order valence-corrected chi connectivity index (χ1v) is 14.8. The molecule has 0 spiro atoms. The minimum absolute atomic E-state index is 0.116. The Bertz CT molecular complexity index is 1330. The maximum Gasteiger partial charge on any atom is 0.243 e. The average molecular weight is 568 g/mol. The molecule has 1 atom stereocenters. The van der Waals surface area contributed by atoms with E-state index < -0.39 is 10.0 Å². The average Bonchev–Trinajstić information content (AvgIpc) is 3.33. The van der Waals surface area contributed by atoms with E-state index in [1.807, 2.05) is 31.4 Å². The molecule has 0 bridgehead atoms. The standard InChI is InChI=1S/C26H28Cl2N2O4S2/c1-3-12-29(36(32,33)21-7-4-19(27)5-8-21)16-26(31)30-13-10-25-22(11-14-35-25)24(30)17-34-20-6-9-23(28)18(2)15-20/h4-9,11,14-15,24H,3,10,12-13,16-17H2,1-2H3/t24-/m0/s1. The minimum Gasteiger partial charge on any atom is -0.491 e. The van der Waals surface area contributed by atoms with Crippen molar-refractivity contribution in [1.82, 2.24) is 9.21 Å². The predicted molar refractivity (Wildman–Crippen MR) is 145 cm³/mol. The van der Waals surface area contributed by atoms with Crippen LogP contribution in [0.25, 0.3) is 0 Å². The third kappa shape index (κ3) is 5.89. The second kappa shape index (κ2) is 11.5. The third-order valence-electron chi connectivity index (χ3n) is 6.19. The summed E-state index contributed by atoms with van der Waals surface area (Å²) < 4.78 is 34.0. The molecule has 0 unspecified atom stereocenters. The van der Waals surface area contributed by atoms with Gasteiger partial charge in [0.1, 0.15) is 12.4 Å². The highest BCUT2D eigenvalue weighted by Gasteiger charge is 2.35. The number of benzene rings is 2. The SMILES string of the molecule is CCCN(CC(=O)N1CCc2sccc2[C@@H]1COc1ccc(Cl)c(C)c1)S(=O)(=O)c1ccc(Cl)cc1. The summed E-state index contributed by atoms with van der Waals surface area (Å²) >= 11 is 13.7. The van der Waals surface area contributed by atoms with Gasteiger partial charge in [-0.15, -0.1) is 11.3 Å². The lowest BCUT2D eigenvalue weighted by Gasteiger charge is -2.37. The van der Waals surface area contributed by atoms with Crippen LogP contribution in [0.3, 0.4) is 0 Å². The zero-order valence-electron chi connectivity index (χ0n) is 20.1. The summed E-state index contributed by atoms with van der Waals surface area (Å²) in [7, 11) is -3.86. The highest BCUT2D eigenvalue weighted by Crippen LogP contribution is 2.34. The van der Waals surface area contributed by atoms with E-state index in [9.17, 15) is 13.2 Å². The number of fused-ring (bicyclic) bond motifs is 1. The molecule has 6 nitrogen and oxygen atoms in total. The van der Waals surface area contributed by atoms with E-state index in [1.54, 1.807) is 28.4 Å². The number of ether oxygens (including phenoxy) is 1. The summed E-state index contributed by atoms with van der Waals surface area (Å²) in [5, 5.41) is 3.13. The van der Waals surface area contributed by atoms with Gasteiger partial charge in [-0.2, -0.15) is 4.31 Å². The van der Waals surface area contributed by atoms with Gasteiger partial charge >= 0.3 is 0 Å². The van der Waals surface area contributed by atoms with E-state index in [1.165, 1.54) is 33.4 Å². The molecule has 2 aromatic carbocycles. The molecule has 0 radical (unpaired) electrons. The monoisotopic (exact) mass is 566 g/mol. The summed E-state index contributed by atoms with van der Waals surface area (Å²) in [6.45, 7) is 4.55. The molecule has 192 valence electrons. The first-order chi connectivity index (χ1) is 17.2. The van der Waals surface area contributed by atoms with Gasteiger partial charge in [0.25, 0.3) is 0 Å². The second-order valence-electron chi connectivity index (χ2n) is 8.67.